The lowest BCUT2D eigenvalue weighted by atomic mass is 10.1. The van der Waals surface area contributed by atoms with E-state index in [1.54, 1.807) is 24.3 Å². The van der Waals surface area contributed by atoms with E-state index in [1.165, 1.54) is 17.9 Å². The fraction of sp³-hybridized carbons (Fsp3) is 0.250. The van der Waals surface area contributed by atoms with Gasteiger partial charge < -0.3 is 15.0 Å². The minimum Gasteiger partial charge on any atom is -0.464 e. The lowest BCUT2D eigenvalue weighted by Crippen LogP contribution is -2.11. The maximum atomic E-state index is 13.3. The van der Waals surface area contributed by atoms with Gasteiger partial charge >= 0.3 is 5.97 Å². The van der Waals surface area contributed by atoms with Crippen molar-refractivity contribution in [2.24, 2.45) is 0 Å². The van der Waals surface area contributed by atoms with E-state index in [0.717, 1.165) is 0 Å². The Morgan fingerprint density at radius 2 is 2.22 bits per heavy atom. The monoisotopic (exact) mass is 317 g/mol. The van der Waals surface area contributed by atoms with Gasteiger partial charge in [-0.1, -0.05) is 12.1 Å². The number of rotatable bonds is 3. The second-order valence-electron chi connectivity index (χ2n) is 5.39. The van der Waals surface area contributed by atoms with Gasteiger partial charge in [-0.2, -0.15) is 5.26 Å². The second kappa shape index (κ2) is 5.09. The Kier molecular flexibility index (Phi) is 3.33. The Bertz CT molecular complexity index is 836. The summed E-state index contributed by atoms with van der Waals surface area (Å²) in [5, 5.41) is 9.08. The average molecular weight is 317 g/mol. The van der Waals surface area contributed by atoms with Crippen LogP contribution in [0.1, 0.15) is 34.0 Å². The number of hydrogen-bond acceptors (Lipinski definition) is 4. The van der Waals surface area contributed by atoms with E-state index in [1.807, 2.05) is 6.07 Å². The van der Waals surface area contributed by atoms with Crippen molar-refractivity contribution in [3.63, 3.8) is 0 Å². The van der Waals surface area contributed by atoms with Crippen LogP contribution in [-0.4, -0.2) is 23.6 Å². The molecule has 1 unspecified atom stereocenters. The number of benzene rings is 1. The van der Waals surface area contributed by atoms with E-state index in [2.05, 4.69) is 0 Å². The molecule has 3 rings (SSSR count). The molecule has 7 heteroatoms. The van der Waals surface area contributed by atoms with Crippen molar-refractivity contribution in [2.75, 3.05) is 12.8 Å². The number of methoxy groups -OCH3 is 1. The molecule has 2 N–H and O–H groups in total. The first-order valence-electron chi connectivity index (χ1n) is 6.86. The lowest BCUT2D eigenvalue weighted by molar-refractivity contribution is 0.0593. The highest BCUT2D eigenvalue weighted by Gasteiger charge is 2.57. The van der Waals surface area contributed by atoms with Crippen LogP contribution in [0.4, 0.5) is 14.5 Å². The molecule has 0 saturated heterocycles. The number of nitrogens with two attached hydrogens (primary N) is 1. The summed E-state index contributed by atoms with van der Waals surface area (Å²) in [4.78, 5) is 11.9. The summed E-state index contributed by atoms with van der Waals surface area (Å²) in [6.07, 6.45) is 1.21. The van der Waals surface area contributed by atoms with Crippen molar-refractivity contribution in [3.05, 3.63) is 47.3 Å². The van der Waals surface area contributed by atoms with Crippen molar-refractivity contribution in [1.29, 1.82) is 5.26 Å². The molecule has 1 aliphatic carbocycles. The quantitative estimate of drug-likeness (QED) is 0.883. The smallest absolute Gasteiger partial charge is 0.357 e. The van der Waals surface area contributed by atoms with Gasteiger partial charge in [0, 0.05) is 18.3 Å². The van der Waals surface area contributed by atoms with Gasteiger partial charge in [0.2, 0.25) is 0 Å². The molecule has 1 heterocycles. The molecule has 0 aliphatic heterocycles. The van der Waals surface area contributed by atoms with Crippen molar-refractivity contribution in [2.45, 2.75) is 18.3 Å². The van der Waals surface area contributed by atoms with Crippen LogP contribution in [0.15, 0.2) is 30.5 Å². The zero-order chi connectivity index (χ0) is 16.8. The third kappa shape index (κ3) is 2.42. The number of halogens is 2. The molecule has 0 radical (unpaired) electrons. The number of hydrogen-bond donors (Lipinski definition) is 1. The molecule has 1 aliphatic rings. The van der Waals surface area contributed by atoms with Crippen LogP contribution < -0.4 is 5.73 Å². The normalized spacial score (nSPS) is 18.3. The summed E-state index contributed by atoms with van der Waals surface area (Å²) in [5.74, 6) is -4.20. The number of carbonyl (C=O) groups is 1. The lowest BCUT2D eigenvalue weighted by Gasteiger charge is -2.10. The van der Waals surface area contributed by atoms with E-state index in [9.17, 15) is 13.6 Å². The van der Waals surface area contributed by atoms with Crippen molar-refractivity contribution >= 4 is 11.7 Å². The molecular weight excluding hydrogens is 304 g/mol. The van der Waals surface area contributed by atoms with Crippen LogP contribution in [0.25, 0.3) is 5.69 Å². The Hall–Kier alpha value is -2.88. The molecule has 1 saturated carbocycles. The minimum absolute atomic E-state index is 0.00139. The predicted molar refractivity (Wildman–Crippen MR) is 78.5 cm³/mol. The number of aromatic nitrogens is 1. The van der Waals surface area contributed by atoms with Gasteiger partial charge in [0.15, 0.2) is 5.69 Å². The summed E-state index contributed by atoms with van der Waals surface area (Å²) in [6, 6.07) is 8.36. The number of carbonyl (C=O) groups excluding carboxylic acids is 1. The van der Waals surface area contributed by atoms with E-state index >= 15 is 0 Å². The number of nitrogens with zero attached hydrogens (tertiary/aromatic N) is 2. The number of nitrogen functional groups attached to an aromatic ring is 1. The van der Waals surface area contributed by atoms with E-state index < -0.39 is 17.8 Å². The molecule has 1 fully saturated rings. The molecular formula is C16H13F2N3O2. The molecule has 0 amide bonds. The van der Waals surface area contributed by atoms with Crippen LogP contribution in [0.5, 0.6) is 0 Å². The van der Waals surface area contributed by atoms with Gasteiger partial charge in [-0.05, 0) is 17.7 Å². The Morgan fingerprint density at radius 3 is 2.78 bits per heavy atom. The summed E-state index contributed by atoms with van der Waals surface area (Å²) in [6.45, 7) is 0. The number of ether oxygens (including phenoxy) is 1. The van der Waals surface area contributed by atoms with Gasteiger partial charge in [0.25, 0.3) is 5.92 Å². The minimum atomic E-state index is -2.68. The second-order valence-corrected chi connectivity index (χ2v) is 5.39. The molecule has 1 aromatic carbocycles. The van der Waals surface area contributed by atoms with Crippen LogP contribution in [0.2, 0.25) is 0 Å². The first-order valence-corrected chi connectivity index (χ1v) is 6.86. The van der Waals surface area contributed by atoms with Crippen molar-refractivity contribution < 1.29 is 18.3 Å². The molecule has 0 bridgehead atoms. The maximum Gasteiger partial charge on any atom is 0.357 e. The molecule has 1 atom stereocenters. The van der Waals surface area contributed by atoms with Gasteiger partial charge in [0.05, 0.1) is 24.3 Å². The van der Waals surface area contributed by atoms with E-state index in [4.69, 9.17) is 15.7 Å². The van der Waals surface area contributed by atoms with Crippen molar-refractivity contribution in [3.8, 4) is 11.8 Å². The number of nitriles is 1. The highest BCUT2D eigenvalue weighted by atomic mass is 19.3. The number of esters is 1. The Balaban J connectivity index is 2.11. The third-order valence-electron chi connectivity index (χ3n) is 3.92. The largest absolute Gasteiger partial charge is 0.464 e. The van der Waals surface area contributed by atoms with Crippen LogP contribution in [0, 0.1) is 11.3 Å². The molecule has 0 spiro atoms. The van der Waals surface area contributed by atoms with Gasteiger partial charge in [0.1, 0.15) is 6.07 Å². The highest BCUT2D eigenvalue weighted by Crippen LogP contribution is 2.55. The third-order valence-corrected chi connectivity index (χ3v) is 3.92. The first-order chi connectivity index (χ1) is 10.9. The average Bonchev–Trinajstić information content (AvgIpc) is 3.05. The Morgan fingerprint density at radius 1 is 1.52 bits per heavy atom. The number of anilines is 1. The van der Waals surface area contributed by atoms with Crippen molar-refractivity contribution in [1.82, 2.24) is 4.57 Å². The SMILES string of the molecule is COC(=O)c1c(N)c(C#N)cn1-c1cccc(C2CC2(F)F)c1. The fourth-order valence-corrected chi connectivity index (χ4v) is 2.58. The van der Waals surface area contributed by atoms with E-state index in [-0.39, 0.29) is 23.4 Å². The van der Waals surface area contributed by atoms with Crippen LogP contribution in [-0.2, 0) is 4.74 Å². The summed E-state index contributed by atoms with van der Waals surface area (Å²) in [7, 11) is 1.20. The molecule has 5 nitrogen and oxygen atoms in total. The first kappa shape index (κ1) is 15.0. The molecule has 118 valence electrons. The van der Waals surface area contributed by atoms with Crippen LogP contribution >= 0.6 is 0 Å². The molecule has 1 aromatic heterocycles. The number of alkyl halides is 2. The highest BCUT2D eigenvalue weighted by molar-refractivity contribution is 5.95. The summed E-state index contributed by atoms with van der Waals surface area (Å²) >= 11 is 0. The predicted octanol–water partition coefficient (Wildman–Crippen LogP) is 2.84. The van der Waals surface area contributed by atoms with Gasteiger partial charge in [-0.3, -0.25) is 0 Å². The summed E-state index contributed by atoms with van der Waals surface area (Å²) in [5.41, 5.74) is 6.89. The van der Waals surface area contributed by atoms with Gasteiger partial charge in [-0.15, -0.1) is 0 Å². The standard InChI is InChI=1S/C16H13F2N3O2/c1-23-15(22)14-13(20)10(7-19)8-21(14)11-4-2-3-9(5-11)12-6-16(12,17)18/h2-5,8,12H,6,20H2,1H3. The van der Waals surface area contributed by atoms with Gasteiger partial charge in [-0.25, -0.2) is 13.6 Å². The fourth-order valence-electron chi connectivity index (χ4n) is 2.58. The summed E-state index contributed by atoms with van der Waals surface area (Å²) < 4.78 is 32.6. The molecule has 2 aromatic rings. The Labute approximate surface area is 130 Å². The topological polar surface area (TPSA) is 81.0 Å². The zero-order valence-electron chi connectivity index (χ0n) is 12.2. The molecule has 23 heavy (non-hydrogen) atoms. The zero-order valence-corrected chi connectivity index (χ0v) is 12.2. The maximum absolute atomic E-state index is 13.3. The van der Waals surface area contributed by atoms with Crippen LogP contribution in [0.3, 0.4) is 0 Å². The van der Waals surface area contributed by atoms with E-state index in [0.29, 0.717) is 11.3 Å².